The topological polar surface area (TPSA) is 299 Å². The Balaban J connectivity index is 1.78. The lowest BCUT2D eigenvalue weighted by molar-refractivity contribution is -0.157. The Morgan fingerprint density at radius 1 is 1.37 bits per heavy atom. The smallest absolute Gasteiger partial charge is 0.383 e. The number of hydrogen-bond donors (Lipinski definition) is 5. The van der Waals surface area contributed by atoms with E-state index in [0.29, 0.717) is 16.6 Å². The van der Waals surface area contributed by atoms with E-state index in [2.05, 4.69) is 45.1 Å². The Kier molecular flexibility index (Phi) is 10.3. The number of ether oxygens (including phenoxy) is 2. The third-order valence-corrected chi connectivity index (χ3v) is 8.26. The maximum absolute atomic E-state index is 12.0. The van der Waals surface area contributed by atoms with Gasteiger partial charge >= 0.3 is 23.9 Å². The van der Waals surface area contributed by atoms with Gasteiger partial charge in [0.25, 0.3) is 0 Å². The van der Waals surface area contributed by atoms with Gasteiger partial charge < -0.3 is 30.4 Å². The Morgan fingerprint density at radius 2 is 2.13 bits per heavy atom. The highest BCUT2D eigenvalue weighted by Gasteiger charge is 2.46. The molecule has 1 saturated heterocycles. The molecule has 23 heteroatoms. The lowest BCUT2D eigenvalue weighted by Gasteiger charge is -2.15. The summed E-state index contributed by atoms with van der Waals surface area (Å²) in [7, 11) is -14.3. The average Bonchev–Trinajstić information content (AvgIpc) is 3.42. The van der Waals surface area contributed by atoms with Crippen molar-refractivity contribution < 1.29 is 56.0 Å². The summed E-state index contributed by atoms with van der Waals surface area (Å²) in [6.45, 7) is -0.863. The zero-order valence-corrected chi connectivity index (χ0v) is 21.6. The number of azide groups is 1. The van der Waals surface area contributed by atoms with Crippen LogP contribution in [-0.4, -0.2) is 61.7 Å². The maximum Gasteiger partial charge on any atom is 0.708 e. The fourth-order valence-corrected chi connectivity index (χ4v) is 6.00. The third-order valence-electron chi connectivity index (χ3n) is 4.69. The summed E-state index contributed by atoms with van der Waals surface area (Å²) in [4.78, 5) is 29.1. The van der Waals surface area contributed by atoms with Crippen LogP contribution in [0, 0.1) is 11.8 Å². The predicted molar refractivity (Wildman–Crippen MR) is 124 cm³/mol. The molecule has 0 radical (unpaired) electrons. The molecule has 1 aliphatic heterocycles. The van der Waals surface area contributed by atoms with Crippen molar-refractivity contribution >= 4 is 40.8 Å². The highest BCUT2D eigenvalue weighted by Crippen LogP contribution is 2.63. The molecule has 6 atom stereocenters. The van der Waals surface area contributed by atoms with E-state index in [9.17, 15) is 18.6 Å². The number of phosphoric acid groups is 2. The number of aromatic nitrogens is 3. The summed E-state index contributed by atoms with van der Waals surface area (Å²) >= 11 is 0. The van der Waals surface area contributed by atoms with Gasteiger partial charge in [-0.05, 0) is 9.84 Å². The lowest BCUT2D eigenvalue weighted by Crippen LogP contribution is -2.28. The van der Waals surface area contributed by atoms with Gasteiger partial charge in [-0.25, -0.2) is 24.4 Å². The van der Waals surface area contributed by atoms with Crippen LogP contribution in [0.5, 0.6) is 0 Å². The number of rotatable bonds is 12. The van der Waals surface area contributed by atoms with Gasteiger partial charge in [-0.2, -0.15) is 4.31 Å². The minimum absolute atomic E-state index is 0.0872. The molecule has 7 N–H and O–H groups in total. The summed E-state index contributed by atoms with van der Waals surface area (Å²) in [6.07, 6.45) is 0.377. The molecule has 3 rings (SSSR count). The molecule has 0 aromatic carbocycles. The van der Waals surface area contributed by atoms with E-state index >= 15 is 0 Å². The number of fused-ring (bicyclic) bond motifs is 1. The highest BCUT2D eigenvalue weighted by atomic mass is 31.3. The van der Waals surface area contributed by atoms with E-state index in [0.717, 1.165) is 0 Å². The summed E-state index contributed by atoms with van der Waals surface area (Å²) in [6, 6.07) is 0. The van der Waals surface area contributed by atoms with Gasteiger partial charge in [-0.1, -0.05) is 17.0 Å². The first-order valence-electron chi connectivity index (χ1n) is 10.1. The van der Waals surface area contributed by atoms with Crippen LogP contribution in [0.3, 0.4) is 0 Å². The summed E-state index contributed by atoms with van der Waals surface area (Å²) in [5, 5.41) is 11.9. The standard InChI is InChI=1S/C15H19N8O12P3/c16-3-1-2-9-5-23(15-13(9)14(17)19-7-20-15)12-4-10(30-8-21-22-18)11(32-12)6-31-36(25)34-38(28,29)35-37(26,27)33-24/h5,7,10-12H,3-4,6,8,16H2,(H4-,17,19,20,24,26,27,28,29)/p+1/t10-,11+,12+/m0/s1. The van der Waals surface area contributed by atoms with Gasteiger partial charge in [-0.3, -0.25) is 4.89 Å². The summed E-state index contributed by atoms with van der Waals surface area (Å²) < 4.78 is 63.5. The maximum atomic E-state index is 12.0. The molecule has 1 fully saturated rings. The van der Waals surface area contributed by atoms with Crippen LogP contribution in [0.25, 0.3) is 21.5 Å². The van der Waals surface area contributed by atoms with Crippen LogP contribution in [-0.2, 0) is 41.0 Å². The van der Waals surface area contributed by atoms with Crippen molar-refractivity contribution in [3.8, 4) is 11.8 Å². The van der Waals surface area contributed by atoms with E-state index in [4.69, 9.17) is 41.1 Å². The Labute approximate surface area is 213 Å². The van der Waals surface area contributed by atoms with Gasteiger partial charge in [-0.15, -0.1) is 9.20 Å². The number of nitrogens with zero attached hydrogens (tertiary/aromatic N) is 6. The summed E-state index contributed by atoms with van der Waals surface area (Å²) in [5.74, 6) is 5.75. The minimum atomic E-state index is -5.47. The molecule has 3 unspecified atom stereocenters. The normalized spacial score (nSPS) is 22.6. The van der Waals surface area contributed by atoms with Crippen LogP contribution in [0.15, 0.2) is 17.6 Å². The zero-order valence-electron chi connectivity index (χ0n) is 18.9. The molecule has 38 heavy (non-hydrogen) atoms. The van der Waals surface area contributed by atoms with Crippen LogP contribution >= 0.6 is 23.9 Å². The monoisotopic (exact) mass is 597 g/mol. The van der Waals surface area contributed by atoms with Crippen LogP contribution in [0.1, 0.15) is 18.2 Å². The first kappa shape index (κ1) is 30.0. The van der Waals surface area contributed by atoms with Crippen molar-refractivity contribution in [2.45, 2.75) is 24.9 Å². The molecular weight excluding hydrogens is 577 g/mol. The van der Waals surface area contributed by atoms with Gasteiger partial charge in [0.1, 0.15) is 43.5 Å². The van der Waals surface area contributed by atoms with Crippen molar-refractivity contribution in [2.75, 3.05) is 25.6 Å². The molecule has 2 aromatic heterocycles. The second-order valence-corrected chi connectivity index (χ2v) is 11.1. The quantitative estimate of drug-likeness (QED) is 0.0442. The molecule has 20 nitrogen and oxygen atoms in total. The third kappa shape index (κ3) is 7.74. The molecule has 0 spiro atoms. The number of nitrogen functional groups attached to an aromatic ring is 1. The van der Waals surface area contributed by atoms with Crippen molar-refractivity contribution in [3.05, 3.63) is 28.5 Å². The number of nitrogens with two attached hydrogens (primary N) is 2. The highest BCUT2D eigenvalue weighted by molar-refractivity contribution is 7.64. The van der Waals surface area contributed by atoms with E-state index < -0.39 is 55.7 Å². The lowest BCUT2D eigenvalue weighted by atomic mass is 10.2. The van der Waals surface area contributed by atoms with E-state index in [1.54, 1.807) is 10.8 Å². The Morgan fingerprint density at radius 3 is 2.82 bits per heavy atom. The fourth-order valence-electron chi connectivity index (χ4n) is 3.32. The Hall–Kier alpha value is -2.55. The number of hydrogen-bond acceptors (Lipinski definition) is 15. The first-order valence-corrected chi connectivity index (χ1v) is 14.2. The zero-order chi connectivity index (χ0) is 27.9. The SMILES string of the molecule is [N-]=[N+]=NCO[C@H]1C[C@H](n2cc(C#CCN)c3c(N)ncnc32)O[C@@H]1CO[P+](=O)OP(=O)(O)OP(=O)(O)OO. The first-order chi connectivity index (χ1) is 18.0. The molecule has 206 valence electrons. The molecule has 0 amide bonds. The van der Waals surface area contributed by atoms with Gasteiger partial charge in [0.05, 0.1) is 23.6 Å². The predicted octanol–water partition coefficient (Wildman–Crippen LogP) is 1.66. The number of anilines is 1. The second-order valence-electron chi connectivity index (χ2n) is 7.04. The van der Waals surface area contributed by atoms with Gasteiger partial charge in [0.2, 0.25) is 0 Å². The second kappa shape index (κ2) is 13.0. The van der Waals surface area contributed by atoms with Crippen molar-refractivity contribution in [2.24, 2.45) is 10.8 Å². The molecule has 3 heterocycles. The van der Waals surface area contributed by atoms with E-state index in [-0.39, 0.29) is 18.8 Å². The van der Waals surface area contributed by atoms with Crippen molar-refractivity contribution in [1.29, 1.82) is 0 Å². The van der Waals surface area contributed by atoms with Crippen LogP contribution in [0.4, 0.5) is 5.82 Å². The van der Waals surface area contributed by atoms with Crippen molar-refractivity contribution in [3.63, 3.8) is 0 Å². The van der Waals surface area contributed by atoms with Gasteiger partial charge in [0, 0.05) is 22.1 Å². The molecule has 1 aliphatic rings. The van der Waals surface area contributed by atoms with Crippen LogP contribution in [0.2, 0.25) is 0 Å². The largest absolute Gasteiger partial charge is 0.708 e. The minimum Gasteiger partial charge on any atom is -0.383 e. The molecule has 0 aliphatic carbocycles. The van der Waals surface area contributed by atoms with Crippen molar-refractivity contribution in [1.82, 2.24) is 14.5 Å². The molecular formula is C15H20N8O12P3+. The van der Waals surface area contributed by atoms with E-state index in [1.165, 1.54) is 6.33 Å². The molecule has 0 saturated carbocycles. The van der Waals surface area contributed by atoms with Gasteiger partial charge in [0.15, 0.2) is 0 Å². The fraction of sp³-hybridized carbons (Fsp3) is 0.467. The summed E-state index contributed by atoms with van der Waals surface area (Å²) in [5.41, 5.74) is 20.8. The Bertz CT molecular complexity index is 1390. The molecule has 2 aromatic rings. The van der Waals surface area contributed by atoms with E-state index in [1.807, 2.05) is 0 Å². The average molecular weight is 597 g/mol. The van der Waals surface area contributed by atoms with Crippen LogP contribution < -0.4 is 11.5 Å². The molecule has 0 bridgehead atoms.